The Balaban J connectivity index is 2.47. The molecule has 0 spiro atoms. The van der Waals surface area contributed by atoms with Crippen molar-refractivity contribution in [2.45, 2.75) is 19.8 Å². The number of rotatable bonds is 3. The minimum atomic E-state index is -0.577. The van der Waals surface area contributed by atoms with E-state index in [0.29, 0.717) is 22.3 Å². The van der Waals surface area contributed by atoms with Crippen molar-refractivity contribution >= 4 is 16.9 Å². The van der Waals surface area contributed by atoms with Gasteiger partial charge in [0.05, 0.1) is 23.7 Å². The van der Waals surface area contributed by atoms with Gasteiger partial charge in [0, 0.05) is 5.69 Å². The van der Waals surface area contributed by atoms with Crippen LogP contribution in [0.4, 0.5) is 5.82 Å². The molecule has 2 aromatic heterocycles. The lowest BCUT2D eigenvalue weighted by Gasteiger charge is -2.15. The van der Waals surface area contributed by atoms with E-state index in [9.17, 15) is 10.1 Å². The normalized spacial score (nSPS) is 10.8. The number of nitriles is 1. The van der Waals surface area contributed by atoms with Crippen LogP contribution < -0.4 is 16.2 Å². The van der Waals surface area contributed by atoms with Crippen molar-refractivity contribution in [3.63, 3.8) is 0 Å². The molecule has 0 bridgehead atoms. The van der Waals surface area contributed by atoms with Crippen LogP contribution in [0.15, 0.2) is 35.1 Å². The predicted molar refractivity (Wildman–Crippen MR) is 94.9 cm³/mol. The van der Waals surface area contributed by atoms with E-state index in [1.54, 1.807) is 24.3 Å². The number of nitrogens with zero attached hydrogens (tertiary/aromatic N) is 4. The molecule has 1 aromatic carbocycles. The van der Waals surface area contributed by atoms with Crippen molar-refractivity contribution in [2.75, 3.05) is 12.8 Å². The van der Waals surface area contributed by atoms with Gasteiger partial charge in [0.15, 0.2) is 11.4 Å². The van der Waals surface area contributed by atoms with E-state index in [0.717, 1.165) is 5.69 Å². The van der Waals surface area contributed by atoms with Crippen molar-refractivity contribution < 1.29 is 4.74 Å². The number of nitrogens with two attached hydrogens (primary N) is 1. The average Bonchev–Trinajstić information content (AvgIpc) is 2.60. The van der Waals surface area contributed by atoms with E-state index in [1.807, 2.05) is 19.9 Å². The van der Waals surface area contributed by atoms with Crippen LogP contribution in [0.1, 0.15) is 31.0 Å². The second-order valence-electron chi connectivity index (χ2n) is 5.85. The first-order valence-corrected chi connectivity index (χ1v) is 7.74. The van der Waals surface area contributed by atoms with E-state index in [4.69, 9.17) is 10.5 Å². The lowest BCUT2D eigenvalue weighted by atomic mass is 10.1. The van der Waals surface area contributed by atoms with Gasteiger partial charge in [-0.15, -0.1) is 0 Å². The third-order valence-electron chi connectivity index (χ3n) is 3.94. The van der Waals surface area contributed by atoms with E-state index in [-0.39, 0.29) is 17.5 Å². The van der Waals surface area contributed by atoms with Gasteiger partial charge in [-0.05, 0) is 30.2 Å². The zero-order valence-electron chi connectivity index (χ0n) is 14.1. The molecule has 0 atom stereocenters. The van der Waals surface area contributed by atoms with Crippen molar-refractivity contribution in [3.05, 3.63) is 52.1 Å². The predicted octanol–water partition coefficient (Wildman–Crippen LogP) is 2.37. The molecule has 0 aliphatic carbocycles. The molecule has 0 aliphatic heterocycles. The first-order chi connectivity index (χ1) is 12.0. The summed E-state index contributed by atoms with van der Waals surface area (Å²) in [6.45, 7) is 4.02. The van der Waals surface area contributed by atoms with Crippen molar-refractivity contribution in [1.82, 2.24) is 14.5 Å². The zero-order chi connectivity index (χ0) is 18.1. The Morgan fingerprint density at radius 1 is 1.24 bits per heavy atom. The lowest BCUT2D eigenvalue weighted by molar-refractivity contribution is 0.411. The molecule has 0 aliphatic rings. The highest BCUT2D eigenvalue weighted by atomic mass is 16.5. The number of ether oxygens (including phenoxy) is 1. The minimum absolute atomic E-state index is 0.120. The summed E-state index contributed by atoms with van der Waals surface area (Å²) in [5.41, 5.74) is 7.26. The maximum Gasteiger partial charge on any atom is 0.355 e. The van der Waals surface area contributed by atoms with Crippen LogP contribution in [0.5, 0.6) is 5.75 Å². The van der Waals surface area contributed by atoms with Crippen molar-refractivity contribution in [2.24, 2.45) is 0 Å². The minimum Gasteiger partial charge on any atom is -0.493 e. The number of pyridine rings is 1. The second kappa shape index (κ2) is 6.24. The molecular formula is C18H17N5O2. The average molecular weight is 335 g/mol. The van der Waals surface area contributed by atoms with Gasteiger partial charge in [0.25, 0.3) is 0 Å². The van der Waals surface area contributed by atoms with Gasteiger partial charge in [-0.1, -0.05) is 19.9 Å². The number of hydrogen-bond acceptors (Lipinski definition) is 6. The molecule has 0 radical (unpaired) electrons. The van der Waals surface area contributed by atoms with Gasteiger partial charge in [-0.2, -0.15) is 10.2 Å². The highest BCUT2D eigenvalue weighted by Crippen LogP contribution is 2.29. The van der Waals surface area contributed by atoms with Gasteiger partial charge in [0.2, 0.25) is 0 Å². The molecule has 7 heteroatoms. The molecule has 3 aromatic rings. The Morgan fingerprint density at radius 2 is 2.00 bits per heavy atom. The molecule has 126 valence electrons. The van der Waals surface area contributed by atoms with Crippen molar-refractivity contribution in [1.29, 1.82) is 5.26 Å². The lowest BCUT2D eigenvalue weighted by Crippen LogP contribution is -2.24. The van der Waals surface area contributed by atoms with Gasteiger partial charge in [-0.3, -0.25) is 0 Å². The Bertz CT molecular complexity index is 1060. The summed E-state index contributed by atoms with van der Waals surface area (Å²) in [5.74, 6) is 0.584. The summed E-state index contributed by atoms with van der Waals surface area (Å²) in [6.07, 6.45) is 0. The summed E-state index contributed by atoms with van der Waals surface area (Å²) in [6, 6.07) is 10.7. The summed E-state index contributed by atoms with van der Waals surface area (Å²) >= 11 is 0. The quantitative estimate of drug-likeness (QED) is 0.787. The maximum atomic E-state index is 12.6. The Hall–Kier alpha value is -3.40. The molecule has 0 fully saturated rings. The Morgan fingerprint density at radius 3 is 2.64 bits per heavy atom. The summed E-state index contributed by atoms with van der Waals surface area (Å²) in [4.78, 5) is 21.1. The number of aromatic nitrogens is 3. The van der Waals surface area contributed by atoms with Crippen molar-refractivity contribution in [3.8, 4) is 17.5 Å². The standard InChI is InChI=1S/C18H17N5O2/c1-10(2)13-8-7-12-16(20)22-18(24)23(17(12)21-13)14-6-4-5-11(9-19)15(14)25-3/h4-8,10H,1-3H3,(H2,20,22,24). The second-order valence-corrected chi connectivity index (χ2v) is 5.85. The maximum absolute atomic E-state index is 12.6. The van der Waals surface area contributed by atoms with E-state index < -0.39 is 5.69 Å². The largest absolute Gasteiger partial charge is 0.493 e. The number of methoxy groups -OCH3 is 1. The number of fused-ring (bicyclic) bond motifs is 1. The van der Waals surface area contributed by atoms with Crippen LogP contribution in [0.3, 0.4) is 0 Å². The van der Waals surface area contributed by atoms with Crippen LogP contribution in [-0.2, 0) is 0 Å². The fourth-order valence-electron chi connectivity index (χ4n) is 2.68. The number of hydrogen-bond donors (Lipinski definition) is 1. The van der Waals surface area contributed by atoms with E-state index in [2.05, 4.69) is 16.0 Å². The van der Waals surface area contributed by atoms with E-state index in [1.165, 1.54) is 11.7 Å². The van der Waals surface area contributed by atoms with Gasteiger partial charge in [0.1, 0.15) is 11.9 Å². The summed E-state index contributed by atoms with van der Waals surface area (Å²) < 4.78 is 6.70. The first kappa shape index (κ1) is 16.5. The van der Waals surface area contributed by atoms with Crippen LogP contribution in [0.25, 0.3) is 16.7 Å². The number of para-hydroxylation sites is 1. The molecular weight excluding hydrogens is 318 g/mol. The smallest absolute Gasteiger partial charge is 0.355 e. The molecule has 2 heterocycles. The Labute approximate surface area is 144 Å². The molecule has 0 saturated heterocycles. The zero-order valence-corrected chi connectivity index (χ0v) is 14.1. The van der Waals surface area contributed by atoms with Gasteiger partial charge >= 0.3 is 5.69 Å². The third kappa shape index (κ3) is 2.68. The van der Waals surface area contributed by atoms with Crippen LogP contribution in [0, 0.1) is 11.3 Å². The number of benzene rings is 1. The first-order valence-electron chi connectivity index (χ1n) is 7.74. The van der Waals surface area contributed by atoms with Crippen LogP contribution in [0.2, 0.25) is 0 Å². The summed E-state index contributed by atoms with van der Waals surface area (Å²) in [5, 5.41) is 9.86. The van der Waals surface area contributed by atoms with Crippen LogP contribution >= 0.6 is 0 Å². The molecule has 25 heavy (non-hydrogen) atoms. The monoisotopic (exact) mass is 335 g/mol. The summed E-state index contributed by atoms with van der Waals surface area (Å²) in [7, 11) is 1.45. The van der Waals surface area contributed by atoms with Gasteiger partial charge < -0.3 is 10.5 Å². The van der Waals surface area contributed by atoms with E-state index >= 15 is 0 Å². The topological polar surface area (TPSA) is 107 Å². The van der Waals surface area contributed by atoms with Gasteiger partial charge in [-0.25, -0.2) is 14.3 Å². The highest BCUT2D eigenvalue weighted by molar-refractivity contribution is 5.87. The molecule has 0 amide bonds. The highest BCUT2D eigenvalue weighted by Gasteiger charge is 2.18. The Kier molecular flexibility index (Phi) is 4.11. The SMILES string of the molecule is COc1c(C#N)cccc1-n1c(=O)nc(N)c2ccc(C(C)C)nc21. The fraction of sp³-hybridized carbons (Fsp3) is 0.222. The number of anilines is 1. The number of nitrogen functional groups attached to an aromatic ring is 1. The molecule has 7 nitrogen and oxygen atoms in total. The molecule has 0 unspecified atom stereocenters. The fourth-order valence-corrected chi connectivity index (χ4v) is 2.68. The molecule has 2 N–H and O–H groups in total. The third-order valence-corrected chi connectivity index (χ3v) is 3.94. The van der Waals surface area contributed by atoms with Crippen LogP contribution in [-0.4, -0.2) is 21.6 Å². The molecule has 0 saturated carbocycles. The molecule has 3 rings (SSSR count).